The molecule has 2 fully saturated rings. The number of amides is 1. The number of carbonyl (C=O) groups is 1. The first-order valence-electron chi connectivity index (χ1n) is 8.12. The van der Waals surface area contributed by atoms with Crippen LogP contribution < -0.4 is 5.32 Å². The van der Waals surface area contributed by atoms with E-state index in [1.807, 2.05) is 0 Å². The molecule has 110 valence electrons. The SMILES string of the molecule is CC(O)CCCNC(=O)C1CCC2CCCCC2C1. The van der Waals surface area contributed by atoms with E-state index in [-0.39, 0.29) is 17.9 Å². The summed E-state index contributed by atoms with van der Waals surface area (Å²) < 4.78 is 0. The normalized spacial score (nSPS) is 32.4. The quantitative estimate of drug-likeness (QED) is 0.753. The molecule has 0 radical (unpaired) electrons. The molecule has 0 bridgehead atoms. The van der Waals surface area contributed by atoms with Crippen LogP contribution in [0.1, 0.15) is 64.7 Å². The second-order valence-electron chi connectivity index (χ2n) is 6.60. The minimum Gasteiger partial charge on any atom is -0.393 e. The van der Waals surface area contributed by atoms with Crippen molar-refractivity contribution in [2.75, 3.05) is 6.54 Å². The third kappa shape index (κ3) is 4.48. The Hall–Kier alpha value is -0.570. The van der Waals surface area contributed by atoms with Crippen LogP contribution in [0.15, 0.2) is 0 Å². The van der Waals surface area contributed by atoms with Crippen molar-refractivity contribution in [2.24, 2.45) is 17.8 Å². The van der Waals surface area contributed by atoms with Gasteiger partial charge in [0.1, 0.15) is 0 Å². The predicted molar refractivity (Wildman–Crippen MR) is 76.7 cm³/mol. The Kier molecular flexibility index (Phi) is 5.68. The molecule has 0 aromatic carbocycles. The number of aliphatic hydroxyl groups is 1. The van der Waals surface area contributed by atoms with E-state index in [1.165, 1.54) is 32.1 Å². The summed E-state index contributed by atoms with van der Waals surface area (Å²) in [5.74, 6) is 2.24. The molecule has 19 heavy (non-hydrogen) atoms. The lowest BCUT2D eigenvalue weighted by Crippen LogP contribution is -2.37. The van der Waals surface area contributed by atoms with Crippen molar-refractivity contribution in [2.45, 2.75) is 70.8 Å². The summed E-state index contributed by atoms with van der Waals surface area (Å²) in [7, 11) is 0. The molecule has 2 rings (SSSR count). The fourth-order valence-electron chi connectivity index (χ4n) is 3.86. The van der Waals surface area contributed by atoms with Crippen LogP contribution in [0.5, 0.6) is 0 Å². The Labute approximate surface area is 117 Å². The van der Waals surface area contributed by atoms with Crippen molar-refractivity contribution in [3.8, 4) is 0 Å². The van der Waals surface area contributed by atoms with Crippen LogP contribution in [0.25, 0.3) is 0 Å². The van der Waals surface area contributed by atoms with Gasteiger partial charge in [-0.25, -0.2) is 0 Å². The van der Waals surface area contributed by atoms with Crippen LogP contribution in [-0.4, -0.2) is 23.7 Å². The molecule has 2 N–H and O–H groups in total. The number of rotatable bonds is 5. The molecule has 1 amide bonds. The lowest BCUT2D eigenvalue weighted by atomic mass is 9.67. The second-order valence-corrected chi connectivity index (χ2v) is 6.60. The molecule has 2 saturated carbocycles. The Bertz CT molecular complexity index is 290. The Morgan fingerprint density at radius 1 is 1.21 bits per heavy atom. The van der Waals surface area contributed by atoms with E-state index in [0.717, 1.165) is 37.5 Å². The predicted octanol–water partition coefficient (Wildman–Crippen LogP) is 2.87. The van der Waals surface area contributed by atoms with E-state index in [2.05, 4.69) is 5.32 Å². The molecule has 0 aliphatic heterocycles. The van der Waals surface area contributed by atoms with Crippen molar-refractivity contribution in [1.82, 2.24) is 5.32 Å². The molecule has 0 heterocycles. The molecular formula is C16H29NO2. The van der Waals surface area contributed by atoms with Gasteiger partial charge in [-0.3, -0.25) is 4.79 Å². The second kappa shape index (κ2) is 7.28. The third-order valence-electron chi connectivity index (χ3n) is 5.01. The topological polar surface area (TPSA) is 49.3 Å². The molecule has 0 aromatic heterocycles. The minimum atomic E-state index is -0.255. The number of fused-ring (bicyclic) bond motifs is 1. The maximum absolute atomic E-state index is 12.1. The molecule has 3 heteroatoms. The van der Waals surface area contributed by atoms with Gasteiger partial charge in [-0.15, -0.1) is 0 Å². The molecule has 0 saturated heterocycles. The van der Waals surface area contributed by atoms with Crippen molar-refractivity contribution >= 4 is 5.91 Å². The van der Waals surface area contributed by atoms with E-state index in [9.17, 15) is 9.90 Å². The van der Waals surface area contributed by atoms with Crippen LogP contribution in [0.3, 0.4) is 0 Å². The standard InChI is InChI=1S/C16H29NO2/c1-12(18)5-4-10-17-16(19)15-9-8-13-6-2-3-7-14(13)11-15/h12-15,18H,2-11H2,1H3,(H,17,19). The highest BCUT2D eigenvalue weighted by atomic mass is 16.3. The average Bonchev–Trinajstić information content (AvgIpc) is 2.42. The van der Waals surface area contributed by atoms with Gasteiger partial charge in [0.15, 0.2) is 0 Å². The first-order valence-corrected chi connectivity index (χ1v) is 8.12. The molecular weight excluding hydrogens is 238 g/mol. The Morgan fingerprint density at radius 3 is 2.68 bits per heavy atom. The molecule has 0 spiro atoms. The highest BCUT2D eigenvalue weighted by molar-refractivity contribution is 5.78. The third-order valence-corrected chi connectivity index (χ3v) is 5.01. The number of hydrogen-bond donors (Lipinski definition) is 2. The fourth-order valence-corrected chi connectivity index (χ4v) is 3.86. The van der Waals surface area contributed by atoms with Crippen LogP contribution in [-0.2, 0) is 4.79 Å². The zero-order valence-electron chi connectivity index (χ0n) is 12.2. The molecule has 3 nitrogen and oxygen atoms in total. The summed E-state index contributed by atoms with van der Waals surface area (Å²) in [6, 6.07) is 0. The summed E-state index contributed by atoms with van der Waals surface area (Å²) in [6.07, 6.45) is 10.4. The minimum absolute atomic E-state index is 0.255. The summed E-state index contributed by atoms with van der Waals surface area (Å²) in [6.45, 7) is 2.51. The summed E-state index contributed by atoms with van der Waals surface area (Å²) in [5, 5.41) is 12.2. The van der Waals surface area contributed by atoms with Crippen LogP contribution in [0, 0.1) is 17.8 Å². The molecule has 0 aromatic rings. The largest absolute Gasteiger partial charge is 0.393 e. The lowest BCUT2D eigenvalue weighted by molar-refractivity contribution is -0.127. The maximum Gasteiger partial charge on any atom is 0.223 e. The van der Waals surface area contributed by atoms with Gasteiger partial charge >= 0.3 is 0 Å². The van der Waals surface area contributed by atoms with Crippen molar-refractivity contribution in [3.05, 3.63) is 0 Å². The summed E-state index contributed by atoms with van der Waals surface area (Å²) in [4.78, 5) is 12.1. The van der Waals surface area contributed by atoms with Gasteiger partial charge in [-0.2, -0.15) is 0 Å². The first-order chi connectivity index (χ1) is 9.16. The smallest absolute Gasteiger partial charge is 0.223 e. The number of aliphatic hydroxyl groups excluding tert-OH is 1. The Morgan fingerprint density at radius 2 is 1.95 bits per heavy atom. The monoisotopic (exact) mass is 267 g/mol. The van der Waals surface area contributed by atoms with Crippen LogP contribution in [0.4, 0.5) is 0 Å². The van der Waals surface area contributed by atoms with Gasteiger partial charge in [0, 0.05) is 12.5 Å². The van der Waals surface area contributed by atoms with Crippen LogP contribution >= 0.6 is 0 Å². The molecule has 4 atom stereocenters. The lowest BCUT2D eigenvalue weighted by Gasteiger charge is -2.38. The first kappa shape index (κ1) is 14.8. The van der Waals surface area contributed by atoms with E-state index in [0.29, 0.717) is 6.54 Å². The van der Waals surface area contributed by atoms with E-state index in [1.54, 1.807) is 6.92 Å². The number of hydrogen-bond acceptors (Lipinski definition) is 2. The molecule has 4 unspecified atom stereocenters. The van der Waals surface area contributed by atoms with Gasteiger partial charge in [-0.1, -0.05) is 25.7 Å². The Balaban J connectivity index is 1.68. The zero-order chi connectivity index (χ0) is 13.7. The van der Waals surface area contributed by atoms with E-state index >= 15 is 0 Å². The van der Waals surface area contributed by atoms with Crippen LogP contribution in [0.2, 0.25) is 0 Å². The van der Waals surface area contributed by atoms with Gasteiger partial charge in [0.2, 0.25) is 5.91 Å². The van der Waals surface area contributed by atoms with Gasteiger partial charge in [-0.05, 0) is 50.9 Å². The molecule has 2 aliphatic carbocycles. The highest BCUT2D eigenvalue weighted by Crippen LogP contribution is 2.42. The summed E-state index contributed by atoms with van der Waals surface area (Å²) in [5.41, 5.74) is 0. The summed E-state index contributed by atoms with van der Waals surface area (Å²) >= 11 is 0. The molecule has 2 aliphatic rings. The van der Waals surface area contributed by atoms with Crippen molar-refractivity contribution < 1.29 is 9.90 Å². The van der Waals surface area contributed by atoms with Crippen molar-refractivity contribution in [1.29, 1.82) is 0 Å². The van der Waals surface area contributed by atoms with E-state index < -0.39 is 0 Å². The highest BCUT2D eigenvalue weighted by Gasteiger charge is 2.34. The maximum atomic E-state index is 12.1. The zero-order valence-corrected chi connectivity index (χ0v) is 12.2. The number of carbonyl (C=O) groups excluding carboxylic acids is 1. The van der Waals surface area contributed by atoms with Gasteiger partial charge in [0.25, 0.3) is 0 Å². The fraction of sp³-hybridized carbons (Fsp3) is 0.938. The van der Waals surface area contributed by atoms with Crippen molar-refractivity contribution in [3.63, 3.8) is 0 Å². The van der Waals surface area contributed by atoms with E-state index in [4.69, 9.17) is 0 Å². The number of nitrogens with one attached hydrogen (secondary N) is 1. The van der Waals surface area contributed by atoms with Gasteiger partial charge < -0.3 is 10.4 Å². The van der Waals surface area contributed by atoms with Gasteiger partial charge in [0.05, 0.1) is 6.10 Å². The average molecular weight is 267 g/mol.